The quantitative estimate of drug-likeness (QED) is 0.126. The summed E-state index contributed by atoms with van der Waals surface area (Å²) in [6.07, 6.45) is 1.01. The molecule has 0 aromatic heterocycles. The van der Waals surface area contributed by atoms with Gasteiger partial charge in [-0.1, -0.05) is 0 Å². The van der Waals surface area contributed by atoms with E-state index in [0.717, 1.165) is 0 Å². The molecule has 0 aliphatic carbocycles. The average Bonchev–Trinajstić information content (AvgIpc) is 2.71. The van der Waals surface area contributed by atoms with Crippen LogP contribution in [0, 0.1) is 0 Å². The van der Waals surface area contributed by atoms with E-state index >= 15 is 0 Å². The number of nitrogens with two attached hydrogens (primary N) is 2. The zero-order chi connectivity index (χ0) is 24.8. The highest BCUT2D eigenvalue weighted by Crippen LogP contribution is 2.05. The van der Waals surface area contributed by atoms with Gasteiger partial charge >= 0.3 is 11.9 Å². The van der Waals surface area contributed by atoms with Gasteiger partial charge in [0, 0.05) is 12.8 Å². The van der Waals surface area contributed by atoms with Crippen molar-refractivity contribution in [2.45, 2.75) is 63.2 Å². The molecule has 0 spiro atoms. The molecule has 0 aromatic carbocycles. The molecule has 0 saturated heterocycles. The van der Waals surface area contributed by atoms with Gasteiger partial charge in [-0.15, -0.1) is 0 Å². The first-order valence-corrected chi connectivity index (χ1v) is 11.2. The standard InChI is InChI=1S/C18H31N5O8S/c1-9(18(30)31)21-16(28)12(7-8-32-2)23-17(29)11(4-5-13(20)24)22-15(27)10(19)3-6-14(25)26/h9-12H,3-8,19H2,1-2H3,(H2,20,24)(H,21,28)(H,22,27)(H,23,29)(H,25,26)(H,30,31). The fourth-order valence-corrected chi connectivity index (χ4v) is 2.87. The molecular weight excluding hydrogens is 446 g/mol. The Balaban J connectivity index is 5.34. The van der Waals surface area contributed by atoms with Crippen LogP contribution in [0.1, 0.15) is 39.0 Å². The maximum Gasteiger partial charge on any atom is 0.325 e. The second-order valence-electron chi connectivity index (χ2n) is 7.02. The van der Waals surface area contributed by atoms with Gasteiger partial charge < -0.3 is 37.6 Å². The minimum Gasteiger partial charge on any atom is -0.481 e. The number of rotatable bonds is 16. The van der Waals surface area contributed by atoms with Gasteiger partial charge in [-0.05, 0) is 38.2 Å². The number of aliphatic carboxylic acids is 2. The molecule has 13 nitrogen and oxygen atoms in total. The number of primary amides is 1. The molecule has 0 aliphatic rings. The Morgan fingerprint density at radius 1 is 0.844 bits per heavy atom. The number of carbonyl (C=O) groups is 6. The number of hydrogen-bond donors (Lipinski definition) is 7. The van der Waals surface area contributed by atoms with Crippen molar-refractivity contribution in [1.29, 1.82) is 0 Å². The summed E-state index contributed by atoms with van der Waals surface area (Å²) in [7, 11) is 0. The molecule has 0 saturated carbocycles. The molecule has 0 radical (unpaired) electrons. The molecule has 4 atom stereocenters. The maximum atomic E-state index is 12.8. The summed E-state index contributed by atoms with van der Waals surface area (Å²) in [5.41, 5.74) is 10.8. The van der Waals surface area contributed by atoms with Crippen molar-refractivity contribution < 1.29 is 39.0 Å². The lowest BCUT2D eigenvalue weighted by Crippen LogP contribution is -2.57. The summed E-state index contributed by atoms with van der Waals surface area (Å²) in [6, 6.07) is -4.76. The number of carboxylic acid groups (broad SMARTS) is 2. The molecule has 182 valence electrons. The molecule has 0 fully saturated rings. The molecule has 0 bridgehead atoms. The normalized spacial score (nSPS) is 14.3. The van der Waals surface area contributed by atoms with Gasteiger partial charge in [0.05, 0.1) is 6.04 Å². The Bertz CT molecular complexity index is 705. The molecule has 0 aliphatic heterocycles. The van der Waals surface area contributed by atoms with Crippen LogP contribution in [0.3, 0.4) is 0 Å². The minimum absolute atomic E-state index is 0.169. The van der Waals surface area contributed by atoms with Crippen molar-refractivity contribution in [2.75, 3.05) is 12.0 Å². The fraction of sp³-hybridized carbons (Fsp3) is 0.667. The Labute approximate surface area is 189 Å². The van der Waals surface area contributed by atoms with Crippen LogP contribution in [0.25, 0.3) is 0 Å². The SMILES string of the molecule is CSCCC(NC(=O)C(CCC(N)=O)NC(=O)C(N)CCC(=O)O)C(=O)NC(C)C(=O)O. The third-order valence-electron chi connectivity index (χ3n) is 4.29. The van der Waals surface area contributed by atoms with Crippen LogP contribution in [0.5, 0.6) is 0 Å². The van der Waals surface area contributed by atoms with Gasteiger partial charge in [0.15, 0.2) is 0 Å². The molecule has 4 amide bonds. The van der Waals surface area contributed by atoms with E-state index in [0.29, 0.717) is 5.75 Å². The van der Waals surface area contributed by atoms with Crippen LogP contribution in [0.2, 0.25) is 0 Å². The molecule has 0 heterocycles. The van der Waals surface area contributed by atoms with Crippen LogP contribution < -0.4 is 27.4 Å². The Morgan fingerprint density at radius 2 is 1.38 bits per heavy atom. The Hall–Kier alpha value is -2.87. The largest absolute Gasteiger partial charge is 0.481 e. The summed E-state index contributed by atoms with van der Waals surface area (Å²) in [5.74, 6) is -4.97. The summed E-state index contributed by atoms with van der Waals surface area (Å²) in [5, 5.41) is 24.7. The molecule has 4 unspecified atom stereocenters. The third kappa shape index (κ3) is 12.1. The highest BCUT2D eigenvalue weighted by molar-refractivity contribution is 7.98. The second-order valence-corrected chi connectivity index (χ2v) is 8.00. The third-order valence-corrected chi connectivity index (χ3v) is 4.94. The highest BCUT2D eigenvalue weighted by Gasteiger charge is 2.29. The van der Waals surface area contributed by atoms with Crippen molar-refractivity contribution >= 4 is 47.3 Å². The predicted molar refractivity (Wildman–Crippen MR) is 115 cm³/mol. The number of thioether (sulfide) groups is 1. The fourth-order valence-electron chi connectivity index (χ4n) is 2.40. The lowest BCUT2D eigenvalue weighted by Gasteiger charge is -2.24. The maximum absolute atomic E-state index is 12.8. The van der Waals surface area contributed by atoms with Crippen LogP contribution >= 0.6 is 11.8 Å². The van der Waals surface area contributed by atoms with Crippen LogP contribution in [0.15, 0.2) is 0 Å². The smallest absolute Gasteiger partial charge is 0.325 e. The summed E-state index contributed by atoms with van der Waals surface area (Å²) < 4.78 is 0. The van der Waals surface area contributed by atoms with Gasteiger partial charge in [-0.25, -0.2) is 0 Å². The molecule has 14 heteroatoms. The average molecular weight is 478 g/mol. The van der Waals surface area contributed by atoms with Crippen molar-refractivity contribution in [3.05, 3.63) is 0 Å². The summed E-state index contributed by atoms with van der Waals surface area (Å²) >= 11 is 1.40. The van der Waals surface area contributed by atoms with Gasteiger partial charge in [0.25, 0.3) is 0 Å². The lowest BCUT2D eigenvalue weighted by molar-refractivity contribution is -0.142. The van der Waals surface area contributed by atoms with Crippen molar-refractivity contribution in [1.82, 2.24) is 16.0 Å². The van der Waals surface area contributed by atoms with Crippen molar-refractivity contribution in [3.63, 3.8) is 0 Å². The molecule has 0 aromatic rings. The van der Waals surface area contributed by atoms with Gasteiger partial charge in [0.1, 0.15) is 18.1 Å². The van der Waals surface area contributed by atoms with Crippen molar-refractivity contribution in [3.8, 4) is 0 Å². The number of carbonyl (C=O) groups excluding carboxylic acids is 4. The van der Waals surface area contributed by atoms with E-state index < -0.39 is 59.7 Å². The van der Waals surface area contributed by atoms with Crippen LogP contribution in [-0.2, 0) is 28.8 Å². The van der Waals surface area contributed by atoms with E-state index in [1.54, 1.807) is 6.26 Å². The highest BCUT2D eigenvalue weighted by atomic mass is 32.2. The monoisotopic (exact) mass is 477 g/mol. The zero-order valence-electron chi connectivity index (χ0n) is 18.0. The first-order valence-electron chi connectivity index (χ1n) is 9.77. The lowest BCUT2D eigenvalue weighted by atomic mass is 10.1. The van der Waals surface area contributed by atoms with E-state index in [9.17, 15) is 28.8 Å². The van der Waals surface area contributed by atoms with E-state index in [1.807, 2.05) is 0 Å². The van der Waals surface area contributed by atoms with Crippen molar-refractivity contribution in [2.24, 2.45) is 11.5 Å². The topological polar surface area (TPSA) is 231 Å². The number of amides is 4. The second kappa shape index (κ2) is 15.0. The Morgan fingerprint density at radius 3 is 1.88 bits per heavy atom. The summed E-state index contributed by atoms with van der Waals surface area (Å²) in [4.78, 5) is 70.2. The summed E-state index contributed by atoms with van der Waals surface area (Å²) in [6.45, 7) is 1.27. The first kappa shape index (κ1) is 29.1. The van der Waals surface area contributed by atoms with Gasteiger partial charge in [-0.3, -0.25) is 28.8 Å². The minimum atomic E-state index is -1.27. The number of carboxylic acids is 2. The van der Waals surface area contributed by atoms with Gasteiger partial charge in [-0.2, -0.15) is 11.8 Å². The Kier molecular flexibility index (Phi) is 13.7. The first-order chi connectivity index (χ1) is 14.9. The molecular formula is C18H31N5O8S. The number of hydrogen-bond acceptors (Lipinski definition) is 8. The number of nitrogens with one attached hydrogen (secondary N) is 3. The van der Waals surface area contributed by atoms with E-state index in [1.165, 1.54) is 18.7 Å². The van der Waals surface area contributed by atoms with Crippen LogP contribution in [-0.4, -0.2) is 82.0 Å². The van der Waals surface area contributed by atoms with E-state index in [4.69, 9.17) is 21.7 Å². The molecule has 9 N–H and O–H groups in total. The molecule has 32 heavy (non-hydrogen) atoms. The van der Waals surface area contributed by atoms with Gasteiger partial charge in [0.2, 0.25) is 23.6 Å². The predicted octanol–water partition coefficient (Wildman–Crippen LogP) is -2.24. The molecule has 0 rings (SSSR count). The van der Waals surface area contributed by atoms with E-state index in [2.05, 4.69) is 16.0 Å². The van der Waals surface area contributed by atoms with E-state index in [-0.39, 0.29) is 32.1 Å². The van der Waals surface area contributed by atoms with Crippen LogP contribution in [0.4, 0.5) is 0 Å². The zero-order valence-corrected chi connectivity index (χ0v) is 18.8.